The van der Waals surface area contributed by atoms with Gasteiger partial charge in [0.2, 0.25) is 10.9 Å². The molecular formula is C27H20N4O9S2. The minimum absolute atomic E-state index is 0.168. The van der Waals surface area contributed by atoms with Crippen LogP contribution >= 0.6 is 0 Å². The zero-order valence-corrected chi connectivity index (χ0v) is 22.8. The van der Waals surface area contributed by atoms with Crippen molar-refractivity contribution in [3.63, 3.8) is 0 Å². The lowest BCUT2D eigenvalue weighted by atomic mass is 10.1. The van der Waals surface area contributed by atoms with Crippen LogP contribution in [-0.4, -0.2) is 31.0 Å². The third-order valence-electron chi connectivity index (χ3n) is 6.34. The van der Waals surface area contributed by atoms with E-state index in [1.807, 2.05) is 0 Å². The lowest BCUT2D eigenvalue weighted by Crippen LogP contribution is -2.50. The van der Waals surface area contributed by atoms with Crippen molar-refractivity contribution in [1.29, 1.82) is 0 Å². The minimum atomic E-state index is -4.54. The molecule has 0 unspecified atom stereocenters. The Balaban J connectivity index is 1.62. The molecule has 0 fully saturated rings. The number of benzene rings is 5. The van der Waals surface area contributed by atoms with Gasteiger partial charge in [0.05, 0.1) is 18.0 Å². The molecule has 42 heavy (non-hydrogen) atoms. The van der Waals surface area contributed by atoms with Gasteiger partial charge in [-0.2, -0.15) is 27.0 Å². The summed E-state index contributed by atoms with van der Waals surface area (Å²) in [6.07, 6.45) is 0. The maximum atomic E-state index is 13.2. The molecule has 0 aliphatic heterocycles. The van der Waals surface area contributed by atoms with E-state index in [0.29, 0.717) is 10.8 Å². The van der Waals surface area contributed by atoms with Gasteiger partial charge in [-0.05, 0) is 30.3 Å². The highest BCUT2D eigenvalue weighted by atomic mass is 32.2. The summed E-state index contributed by atoms with van der Waals surface area (Å²) in [6, 6.07) is 18.5. The molecule has 13 nitrogen and oxygen atoms in total. The third-order valence-corrected chi connectivity index (χ3v) is 8.17. The van der Waals surface area contributed by atoms with Gasteiger partial charge in [0.15, 0.2) is 5.36 Å². The SMILES string of the molecule is O=c1c(CO)c/c(=N\Nc2ccc(S(=O)(=O)O)c3ccccc23)c(=O)/c1=N/Nc1ccc(S(=O)(=O)O)c2ccccc12. The normalized spacial score (nSPS) is 13.1. The van der Waals surface area contributed by atoms with E-state index in [1.54, 1.807) is 36.4 Å². The molecule has 214 valence electrons. The number of nitrogens with one attached hydrogen (secondary N) is 2. The molecule has 0 heterocycles. The summed E-state index contributed by atoms with van der Waals surface area (Å²) in [4.78, 5) is 25.4. The molecule has 0 aliphatic carbocycles. The van der Waals surface area contributed by atoms with Gasteiger partial charge in [-0.1, -0.05) is 48.5 Å². The van der Waals surface area contributed by atoms with Gasteiger partial charge in [-0.25, -0.2) is 0 Å². The maximum Gasteiger partial charge on any atom is 0.295 e. The summed E-state index contributed by atoms with van der Waals surface area (Å²) in [5.41, 5.74) is 3.78. The molecule has 0 aromatic heterocycles. The molecule has 0 radical (unpaired) electrons. The van der Waals surface area contributed by atoms with Crippen LogP contribution in [0.25, 0.3) is 21.5 Å². The quantitative estimate of drug-likeness (QED) is 0.132. The summed E-state index contributed by atoms with van der Waals surface area (Å²) in [5.74, 6) is 0. The zero-order valence-electron chi connectivity index (χ0n) is 21.2. The first kappa shape index (κ1) is 28.7. The van der Waals surface area contributed by atoms with Crippen LogP contribution in [-0.2, 0) is 26.8 Å². The van der Waals surface area contributed by atoms with Crippen molar-refractivity contribution in [3.8, 4) is 0 Å². The molecule has 5 aromatic carbocycles. The first-order valence-corrected chi connectivity index (χ1v) is 14.8. The number of hydrogen-bond acceptors (Lipinski definition) is 11. The molecule has 5 rings (SSSR count). The van der Waals surface area contributed by atoms with Crippen LogP contribution < -0.4 is 32.4 Å². The molecular weight excluding hydrogens is 588 g/mol. The second-order valence-corrected chi connectivity index (χ2v) is 11.7. The Morgan fingerprint density at radius 3 is 1.52 bits per heavy atom. The predicted molar refractivity (Wildman–Crippen MR) is 153 cm³/mol. The lowest BCUT2D eigenvalue weighted by molar-refractivity contribution is 0.280. The minimum Gasteiger partial charge on any atom is -0.392 e. The number of anilines is 2. The van der Waals surface area contributed by atoms with Gasteiger partial charge >= 0.3 is 0 Å². The summed E-state index contributed by atoms with van der Waals surface area (Å²) >= 11 is 0. The molecule has 5 N–H and O–H groups in total. The maximum absolute atomic E-state index is 13.2. The van der Waals surface area contributed by atoms with Crippen molar-refractivity contribution >= 4 is 53.2 Å². The average molecular weight is 609 g/mol. The summed E-state index contributed by atoms with van der Waals surface area (Å²) in [6.45, 7) is -0.734. The molecule has 0 spiro atoms. The summed E-state index contributed by atoms with van der Waals surface area (Å²) in [5, 5.41) is 17.9. The van der Waals surface area contributed by atoms with Gasteiger partial charge < -0.3 is 5.11 Å². The number of fused-ring (bicyclic) bond motifs is 2. The Morgan fingerprint density at radius 1 is 0.619 bits per heavy atom. The third kappa shape index (κ3) is 5.41. The van der Waals surface area contributed by atoms with Crippen LogP contribution in [0, 0.1) is 0 Å². The Morgan fingerprint density at radius 2 is 1.07 bits per heavy atom. The first-order valence-electron chi connectivity index (χ1n) is 12.0. The zero-order chi connectivity index (χ0) is 30.2. The number of aliphatic hydroxyl groups excluding tert-OH is 1. The van der Waals surface area contributed by atoms with Gasteiger partial charge in [0.1, 0.15) is 15.1 Å². The summed E-state index contributed by atoms with van der Waals surface area (Å²) in [7, 11) is -9.07. The van der Waals surface area contributed by atoms with E-state index in [9.17, 15) is 40.6 Å². The lowest BCUT2D eigenvalue weighted by Gasteiger charge is -2.09. The number of hydrogen-bond donors (Lipinski definition) is 5. The fraction of sp³-hybridized carbons (Fsp3) is 0.0370. The van der Waals surface area contributed by atoms with Crippen molar-refractivity contribution in [3.05, 3.63) is 116 Å². The van der Waals surface area contributed by atoms with Crippen molar-refractivity contribution in [1.82, 2.24) is 0 Å². The monoisotopic (exact) mass is 608 g/mol. The van der Waals surface area contributed by atoms with Crippen molar-refractivity contribution in [2.45, 2.75) is 16.4 Å². The Labute approximate surface area is 236 Å². The van der Waals surface area contributed by atoms with Crippen molar-refractivity contribution < 1.29 is 31.0 Å². The molecule has 0 saturated carbocycles. The van der Waals surface area contributed by atoms with Gasteiger partial charge in [0.25, 0.3) is 20.2 Å². The number of rotatable bonds is 7. The van der Waals surface area contributed by atoms with E-state index in [1.165, 1.54) is 24.3 Å². The number of nitrogens with zero attached hydrogens (tertiary/aromatic N) is 2. The fourth-order valence-corrected chi connectivity index (χ4v) is 5.79. The molecule has 15 heteroatoms. The van der Waals surface area contributed by atoms with Crippen LogP contribution in [0.5, 0.6) is 0 Å². The molecule has 0 aliphatic rings. The standard InChI is InChI=1S/C27H20N4O9S2/c32-14-15-13-22(30-28-20-9-11-23(41(35,36)37)18-7-3-1-5-16(18)20)27(34)25(26(15)33)31-29-21-10-12-24(42(38,39)40)19-8-4-2-6-17(19)21/h1-13,28-29,32H,14H2,(H,35,36,37)(H,38,39,40)/b30-22+,31-25+. The molecule has 0 amide bonds. The molecule has 0 bridgehead atoms. The average Bonchev–Trinajstić information content (AvgIpc) is 2.95. The van der Waals surface area contributed by atoms with Gasteiger partial charge in [-0.15, -0.1) is 0 Å². The Bertz CT molecular complexity index is 2350. The van der Waals surface area contributed by atoms with Crippen LogP contribution in [0.15, 0.2) is 108 Å². The van der Waals surface area contributed by atoms with E-state index >= 15 is 0 Å². The van der Waals surface area contributed by atoms with E-state index < -0.39 is 43.1 Å². The highest BCUT2D eigenvalue weighted by molar-refractivity contribution is 7.86. The van der Waals surface area contributed by atoms with E-state index in [2.05, 4.69) is 21.1 Å². The van der Waals surface area contributed by atoms with Crippen LogP contribution in [0.2, 0.25) is 0 Å². The summed E-state index contributed by atoms with van der Waals surface area (Å²) < 4.78 is 66.2. The van der Waals surface area contributed by atoms with Crippen LogP contribution in [0.3, 0.4) is 0 Å². The van der Waals surface area contributed by atoms with Crippen molar-refractivity contribution in [2.75, 3.05) is 10.9 Å². The smallest absolute Gasteiger partial charge is 0.295 e. The Hall–Kier alpha value is -4.80. The fourth-order valence-electron chi connectivity index (χ4n) is 4.40. The van der Waals surface area contributed by atoms with E-state index in [0.717, 1.165) is 18.2 Å². The Kier molecular flexibility index (Phi) is 7.44. The highest BCUT2D eigenvalue weighted by Crippen LogP contribution is 2.30. The molecule has 5 aromatic rings. The van der Waals surface area contributed by atoms with Gasteiger partial charge in [-0.3, -0.25) is 29.5 Å². The second-order valence-electron chi connectivity index (χ2n) is 8.93. The first-order chi connectivity index (χ1) is 19.9. The highest BCUT2D eigenvalue weighted by Gasteiger charge is 2.17. The van der Waals surface area contributed by atoms with Gasteiger partial charge in [0, 0.05) is 27.1 Å². The molecule has 0 saturated heterocycles. The van der Waals surface area contributed by atoms with Crippen LogP contribution in [0.1, 0.15) is 5.56 Å². The van der Waals surface area contributed by atoms with Crippen LogP contribution in [0.4, 0.5) is 11.4 Å². The topological polar surface area (TPSA) is 212 Å². The number of aliphatic hydroxyl groups is 1. The van der Waals surface area contributed by atoms with E-state index in [4.69, 9.17) is 0 Å². The largest absolute Gasteiger partial charge is 0.392 e. The van der Waals surface area contributed by atoms with E-state index in [-0.39, 0.29) is 42.9 Å². The molecule has 0 atom stereocenters. The van der Waals surface area contributed by atoms with Crippen molar-refractivity contribution in [2.24, 2.45) is 10.2 Å². The predicted octanol–water partition coefficient (Wildman–Crippen LogP) is 1.43. The second kappa shape index (κ2) is 10.9.